The Morgan fingerprint density at radius 1 is 0.929 bits per heavy atom. The summed E-state index contributed by atoms with van der Waals surface area (Å²) < 4.78 is 1.04. The number of benzene rings is 3. The molecule has 3 nitrogen and oxygen atoms in total. The van der Waals surface area contributed by atoms with Crippen LogP contribution >= 0.6 is 15.9 Å². The number of hydrogen-bond acceptors (Lipinski definition) is 3. The summed E-state index contributed by atoms with van der Waals surface area (Å²) in [6.45, 7) is 4.03. The molecule has 0 aliphatic carbocycles. The highest BCUT2D eigenvalue weighted by Gasteiger charge is 2.17. The molecule has 0 N–H and O–H groups in total. The van der Waals surface area contributed by atoms with E-state index in [1.54, 1.807) is 0 Å². The second-order valence-electron chi connectivity index (χ2n) is 6.47. The maximum Gasteiger partial charge on any atom is 0.160 e. The highest BCUT2D eigenvalue weighted by Crippen LogP contribution is 2.37. The lowest BCUT2D eigenvalue weighted by molar-refractivity contribution is 1.01. The summed E-state index contributed by atoms with van der Waals surface area (Å²) in [7, 11) is 0. The third-order valence-corrected chi connectivity index (χ3v) is 5.23. The minimum Gasteiger partial charge on any atom is -0.257 e. The first-order valence-electron chi connectivity index (χ1n) is 9.35. The van der Waals surface area contributed by atoms with Gasteiger partial charge < -0.3 is 0 Å². The Labute approximate surface area is 173 Å². The molecule has 0 bridgehead atoms. The van der Waals surface area contributed by atoms with Crippen LogP contribution in [0.5, 0.6) is 0 Å². The smallest absolute Gasteiger partial charge is 0.160 e. The molecule has 1 heterocycles. The zero-order valence-electron chi connectivity index (χ0n) is 15.9. The van der Waals surface area contributed by atoms with Crippen LogP contribution in [-0.4, -0.2) is 16.2 Å². The van der Waals surface area contributed by atoms with Crippen molar-refractivity contribution in [1.29, 1.82) is 0 Å². The van der Waals surface area contributed by atoms with E-state index in [4.69, 9.17) is 9.97 Å². The molecule has 28 heavy (non-hydrogen) atoms. The summed E-state index contributed by atoms with van der Waals surface area (Å²) in [6.07, 6.45) is 2.60. The molecule has 0 amide bonds. The van der Waals surface area contributed by atoms with E-state index in [1.807, 2.05) is 37.4 Å². The van der Waals surface area contributed by atoms with Crippen molar-refractivity contribution < 1.29 is 0 Å². The van der Waals surface area contributed by atoms with E-state index in [1.165, 1.54) is 10.8 Å². The standard InChI is InChI=1S/C24H20BrN3/c1-3-21-23(26-4-2)22(20-11-7-9-16-8-5-6-10-19(16)20)28-24(27-21)17-12-14-18(25)15-13-17/h4-15H,3H2,1-2H3. The van der Waals surface area contributed by atoms with Crippen LogP contribution < -0.4 is 0 Å². The molecular weight excluding hydrogens is 410 g/mol. The number of rotatable bonds is 4. The first-order chi connectivity index (χ1) is 13.7. The molecular formula is C24H20BrN3. The van der Waals surface area contributed by atoms with Gasteiger partial charge in [-0.25, -0.2) is 9.97 Å². The van der Waals surface area contributed by atoms with Gasteiger partial charge in [-0.3, -0.25) is 4.99 Å². The van der Waals surface area contributed by atoms with Crippen LogP contribution in [0.3, 0.4) is 0 Å². The first-order valence-corrected chi connectivity index (χ1v) is 10.1. The molecule has 138 valence electrons. The van der Waals surface area contributed by atoms with E-state index in [9.17, 15) is 0 Å². The zero-order chi connectivity index (χ0) is 19.5. The summed E-state index contributed by atoms with van der Waals surface area (Å²) in [5.74, 6) is 0.724. The highest BCUT2D eigenvalue weighted by molar-refractivity contribution is 9.10. The molecule has 0 fully saturated rings. The Kier molecular flexibility index (Phi) is 5.31. The highest BCUT2D eigenvalue weighted by atomic mass is 79.9. The first kappa shape index (κ1) is 18.5. The molecule has 0 radical (unpaired) electrons. The van der Waals surface area contributed by atoms with Crippen LogP contribution in [0.25, 0.3) is 33.4 Å². The maximum atomic E-state index is 4.98. The Bertz CT molecular complexity index is 1160. The Hall–Kier alpha value is -2.85. The molecule has 4 aromatic rings. The van der Waals surface area contributed by atoms with E-state index in [2.05, 4.69) is 70.3 Å². The second-order valence-corrected chi connectivity index (χ2v) is 7.38. The minimum absolute atomic E-state index is 0.724. The van der Waals surface area contributed by atoms with Gasteiger partial charge in [0.25, 0.3) is 0 Å². The lowest BCUT2D eigenvalue weighted by Crippen LogP contribution is -2.00. The van der Waals surface area contributed by atoms with Gasteiger partial charge >= 0.3 is 0 Å². The van der Waals surface area contributed by atoms with Gasteiger partial charge in [0, 0.05) is 21.8 Å². The van der Waals surface area contributed by atoms with Crippen LogP contribution in [0.15, 0.2) is 76.2 Å². The molecule has 1 aromatic heterocycles. The third-order valence-electron chi connectivity index (χ3n) is 4.70. The van der Waals surface area contributed by atoms with Gasteiger partial charge in [-0.1, -0.05) is 77.5 Å². The topological polar surface area (TPSA) is 38.1 Å². The van der Waals surface area contributed by atoms with Crippen LogP contribution in [-0.2, 0) is 6.42 Å². The lowest BCUT2D eigenvalue weighted by Gasteiger charge is -2.14. The fraction of sp³-hybridized carbons (Fsp3) is 0.125. The number of aromatic nitrogens is 2. The molecule has 0 atom stereocenters. The molecule has 0 saturated heterocycles. The van der Waals surface area contributed by atoms with Crippen molar-refractivity contribution in [2.45, 2.75) is 20.3 Å². The summed E-state index contributed by atoms with van der Waals surface area (Å²) in [6, 6.07) is 22.8. The summed E-state index contributed by atoms with van der Waals surface area (Å²) in [5, 5.41) is 2.35. The largest absolute Gasteiger partial charge is 0.257 e. The fourth-order valence-electron chi connectivity index (χ4n) is 3.36. The summed E-state index contributed by atoms with van der Waals surface area (Å²) >= 11 is 3.50. The summed E-state index contributed by atoms with van der Waals surface area (Å²) in [4.78, 5) is 14.5. The maximum absolute atomic E-state index is 4.98. The number of hydrogen-bond donors (Lipinski definition) is 0. The average molecular weight is 430 g/mol. The van der Waals surface area contributed by atoms with Crippen molar-refractivity contribution >= 4 is 38.6 Å². The Balaban J connectivity index is 2.03. The molecule has 0 aliphatic heterocycles. The predicted octanol–water partition coefficient (Wildman–Crippen LogP) is 7.01. The second kappa shape index (κ2) is 8.03. The lowest BCUT2D eigenvalue weighted by atomic mass is 10.00. The van der Waals surface area contributed by atoms with Gasteiger partial charge in [-0.05, 0) is 36.2 Å². The van der Waals surface area contributed by atoms with Gasteiger partial charge in [-0.15, -0.1) is 0 Å². The van der Waals surface area contributed by atoms with Gasteiger partial charge in [0.1, 0.15) is 11.4 Å². The molecule has 4 rings (SSSR count). The van der Waals surface area contributed by atoms with E-state index >= 15 is 0 Å². The van der Waals surface area contributed by atoms with E-state index in [-0.39, 0.29) is 0 Å². The van der Waals surface area contributed by atoms with Crippen LogP contribution in [0.2, 0.25) is 0 Å². The molecule has 3 aromatic carbocycles. The van der Waals surface area contributed by atoms with Gasteiger partial charge in [0.15, 0.2) is 5.82 Å². The van der Waals surface area contributed by atoms with E-state index in [0.29, 0.717) is 0 Å². The van der Waals surface area contributed by atoms with Crippen molar-refractivity contribution in [3.63, 3.8) is 0 Å². The molecule has 0 spiro atoms. The Morgan fingerprint density at radius 3 is 2.43 bits per heavy atom. The van der Waals surface area contributed by atoms with Crippen LogP contribution in [0, 0.1) is 0 Å². The van der Waals surface area contributed by atoms with Gasteiger partial charge in [0.2, 0.25) is 0 Å². The van der Waals surface area contributed by atoms with Crippen molar-refractivity contribution in [3.8, 4) is 22.6 Å². The number of aryl methyl sites for hydroxylation is 1. The van der Waals surface area contributed by atoms with Crippen molar-refractivity contribution in [1.82, 2.24) is 9.97 Å². The normalized spacial score (nSPS) is 11.4. The minimum atomic E-state index is 0.724. The number of fused-ring (bicyclic) bond motifs is 1. The van der Waals surface area contributed by atoms with Crippen molar-refractivity contribution in [3.05, 3.63) is 76.9 Å². The van der Waals surface area contributed by atoms with Crippen molar-refractivity contribution in [2.24, 2.45) is 4.99 Å². The van der Waals surface area contributed by atoms with Crippen LogP contribution in [0.1, 0.15) is 19.5 Å². The van der Waals surface area contributed by atoms with Crippen LogP contribution in [0.4, 0.5) is 5.69 Å². The fourth-order valence-corrected chi connectivity index (χ4v) is 3.62. The number of aliphatic imine (C=N–C) groups is 1. The SMILES string of the molecule is CC=Nc1c(CC)nc(-c2ccc(Br)cc2)nc1-c1cccc2ccccc12. The molecule has 0 aliphatic rings. The number of nitrogens with zero attached hydrogens (tertiary/aromatic N) is 3. The Morgan fingerprint density at radius 2 is 1.68 bits per heavy atom. The molecule has 0 saturated carbocycles. The average Bonchev–Trinajstić information content (AvgIpc) is 2.74. The quantitative estimate of drug-likeness (QED) is 0.327. The zero-order valence-corrected chi connectivity index (χ0v) is 17.4. The predicted molar refractivity (Wildman–Crippen MR) is 121 cm³/mol. The number of halogens is 1. The molecule has 0 unspecified atom stereocenters. The molecule has 4 heteroatoms. The van der Waals surface area contributed by atoms with Crippen molar-refractivity contribution in [2.75, 3.05) is 0 Å². The van der Waals surface area contributed by atoms with Gasteiger partial charge in [0.05, 0.1) is 5.69 Å². The van der Waals surface area contributed by atoms with E-state index in [0.717, 1.165) is 44.9 Å². The van der Waals surface area contributed by atoms with Gasteiger partial charge in [-0.2, -0.15) is 0 Å². The third kappa shape index (κ3) is 3.48. The monoisotopic (exact) mass is 429 g/mol. The summed E-state index contributed by atoms with van der Waals surface area (Å²) in [5.41, 5.74) is 4.75. The van der Waals surface area contributed by atoms with E-state index < -0.39 is 0 Å².